The number of hydrogen-bond acceptors (Lipinski definition) is 5. The van der Waals surface area contributed by atoms with E-state index in [-0.39, 0.29) is 17.3 Å². The summed E-state index contributed by atoms with van der Waals surface area (Å²) < 4.78 is 4.51. The molecule has 0 saturated carbocycles. The van der Waals surface area contributed by atoms with Crippen LogP contribution in [0.25, 0.3) is 11.2 Å². The van der Waals surface area contributed by atoms with Gasteiger partial charge in [0.15, 0.2) is 11.2 Å². The van der Waals surface area contributed by atoms with Crippen molar-refractivity contribution in [3.05, 3.63) is 20.8 Å². The smallest absolute Gasteiger partial charge is 0.304 e. The molecule has 3 N–H and O–H groups in total. The summed E-state index contributed by atoms with van der Waals surface area (Å²) in [6, 6.07) is -0.0516. The van der Waals surface area contributed by atoms with Crippen LogP contribution in [0.2, 0.25) is 0 Å². The lowest BCUT2D eigenvalue weighted by molar-refractivity contribution is 0.489. The summed E-state index contributed by atoms with van der Waals surface area (Å²) in [5.41, 5.74) is 2.64. The first kappa shape index (κ1) is 15.3. The summed E-state index contributed by atoms with van der Waals surface area (Å²) in [6.45, 7) is 8.47. The Kier molecular flexibility index (Phi) is 4.17. The Balaban J connectivity index is 3.05. The van der Waals surface area contributed by atoms with Gasteiger partial charge in [-0.1, -0.05) is 6.92 Å². The van der Waals surface area contributed by atoms with Crippen molar-refractivity contribution in [2.24, 2.45) is 5.84 Å². The molecule has 0 aromatic carbocycles. The van der Waals surface area contributed by atoms with Crippen LogP contribution in [0, 0.1) is 0 Å². The average Bonchev–Trinajstić information content (AvgIpc) is 2.85. The lowest BCUT2D eigenvalue weighted by Crippen LogP contribution is -2.41. The molecule has 0 saturated heterocycles. The molecular weight excluding hydrogens is 272 g/mol. The van der Waals surface area contributed by atoms with Crippen LogP contribution in [0.5, 0.6) is 0 Å². The molecule has 1 atom stereocenters. The number of rotatable bonds is 5. The number of aryl methyl sites for hydroxylation is 1. The van der Waals surface area contributed by atoms with E-state index in [4.69, 9.17) is 5.84 Å². The molecule has 21 heavy (non-hydrogen) atoms. The van der Waals surface area contributed by atoms with Gasteiger partial charge in [-0.2, -0.15) is 4.98 Å². The van der Waals surface area contributed by atoms with Crippen LogP contribution in [0.3, 0.4) is 0 Å². The van der Waals surface area contributed by atoms with Gasteiger partial charge in [0.2, 0.25) is 5.95 Å². The van der Waals surface area contributed by atoms with Crippen LogP contribution in [-0.2, 0) is 13.1 Å². The molecule has 8 heteroatoms. The minimum Gasteiger partial charge on any atom is -0.304 e. The van der Waals surface area contributed by atoms with E-state index in [2.05, 4.69) is 10.4 Å². The number of aromatic nitrogens is 4. The van der Waals surface area contributed by atoms with Crippen LogP contribution in [0.1, 0.15) is 40.2 Å². The fourth-order valence-corrected chi connectivity index (χ4v) is 2.53. The third-order valence-electron chi connectivity index (χ3n) is 3.86. The summed E-state index contributed by atoms with van der Waals surface area (Å²) in [6.07, 6.45) is 0.765. The Morgan fingerprint density at radius 1 is 1.19 bits per heavy atom. The van der Waals surface area contributed by atoms with Crippen molar-refractivity contribution in [1.82, 2.24) is 18.7 Å². The van der Waals surface area contributed by atoms with E-state index in [1.165, 1.54) is 4.57 Å². The molecule has 0 amide bonds. The van der Waals surface area contributed by atoms with Crippen molar-refractivity contribution < 1.29 is 0 Å². The fraction of sp³-hybridized carbons (Fsp3) is 0.615. The fourth-order valence-electron chi connectivity index (χ4n) is 2.53. The first-order valence-corrected chi connectivity index (χ1v) is 7.23. The van der Waals surface area contributed by atoms with Gasteiger partial charge in [-0.25, -0.2) is 10.6 Å². The maximum absolute atomic E-state index is 12.6. The number of nitrogens with zero attached hydrogens (tertiary/aromatic N) is 4. The molecule has 1 unspecified atom stereocenters. The topological polar surface area (TPSA) is 99.9 Å². The molecule has 0 bridgehead atoms. The first-order valence-electron chi connectivity index (χ1n) is 7.23. The van der Waals surface area contributed by atoms with E-state index in [9.17, 15) is 9.59 Å². The van der Waals surface area contributed by atoms with Crippen LogP contribution in [-0.4, -0.2) is 18.7 Å². The van der Waals surface area contributed by atoms with E-state index in [1.54, 1.807) is 16.1 Å². The molecule has 2 rings (SSSR count). The van der Waals surface area contributed by atoms with Crippen molar-refractivity contribution >= 4 is 17.1 Å². The summed E-state index contributed by atoms with van der Waals surface area (Å²) in [7, 11) is 0. The Labute approximate surface area is 122 Å². The van der Waals surface area contributed by atoms with Crippen LogP contribution >= 0.6 is 0 Å². The van der Waals surface area contributed by atoms with Crippen LogP contribution in [0.15, 0.2) is 9.59 Å². The zero-order chi connectivity index (χ0) is 15.7. The van der Waals surface area contributed by atoms with Gasteiger partial charge in [-0.05, 0) is 27.2 Å². The van der Waals surface area contributed by atoms with Crippen LogP contribution < -0.4 is 22.5 Å². The van der Waals surface area contributed by atoms with Gasteiger partial charge in [-0.3, -0.25) is 19.4 Å². The molecule has 116 valence electrons. The minimum atomic E-state index is -0.326. The van der Waals surface area contributed by atoms with Crippen molar-refractivity contribution in [1.29, 1.82) is 0 Å². The normalized spacial score (nSPS) is 12.8. The Bertz CT molecular complexity index is 770. The summed E-state index contributed by atoms with van der Waals surface area (Å²) in [4.78, 5) is 29.5. The van der Waals surface area contributed by atoms with Gasteiger partial charge in [0, 0.05) is 19.1 Å². The highest BCUT2D eigenvalue weighted by molar-refractivity contribution is 5.74. The second-order valence-corrected chi connectivity index (χ2v) is 4.96. The predicted molar refractivity (Wildman–Crippen MR) is 82.4 cm³/mol. The van der Waals surface area contributed by atoms with E-state index in [0.717, 1.165) is 6.42 Å². The van der Waals surface area contributed by atoms with Crippen molar-refractivity contribution in [2.45, 2.75) is 53.2 Å². The van der Waals surface area contributed by atoms with Crippen LogP contribution in [0.4, 0.5) is 5.95 Å². The molecule has 0 aliphatic rings. The third kappa shape index (κ3) is 2.15. The maximum Gasteiger partial charge on any atom is 0.332 e. The van der Waals surface area contributed by atoms with Gasteiger partial charge in [0.25, 0.3) is 5.56 Å². The number of nitrogens with two attached hydrogens (primary N) is 1. The second kappa shape index (κ2) is 5.72. The lowest BCUT2D eigenvalue weighted by Gasteiger charge is -2.15. The zero-order valence-electron chi connectivity index (χ0n) is 12.9. The first-order chi connectivity index (χ1) is 10.0. The van der Waals surface area contributed by atoms with E-state index < -0.39 is 0 Å². The molecule has 2 heterocycles. The predicted octanol–water partition coefficient (Wildman–Crippen LogP) is 0.656. The van der Waals surface area contributed by atoms with E-state index in [0.29, 0.717) is 30.2 Å². The van der Waals surface area contributed by atoms with Gasteiger partial charge in [0.05, 0.1) is 0 Å². The quantitative estimate of drug-likeness (QED) is 0.623. The molecule has 0 spiro atoms. The number of nitrogens with one attached hydrogen (secondary N) is 1. The number of hydrazine groups is 1. The number of nitrogen functional groups attached to an aromatic ring is 1. The Morgan fingerprint density at radius 2 is 1.81 bits per heavy atom. The number of fused-ring (bicyclic) bond motifs is 1. The molecule has 0 radical (unpaired) electrons. The van der Waals surface area contributed by atoms with E-state index >= 15 is 0 Å². The summed E-state index contributed by atoms with van der Waals surface area (Å²) >= 11 is 0. The minimum absolute atomic E-state index is 0.0516. The van der Waals surface area contributed by atoms with Gasteiger partial charge in [0.1, 0.15) is 0 Å². The van der Waals surface area contributed by atoms with E-state index in [1.807, 2.05) is 20.8 Å². The second-order valence-electron chi connectivity index (χ2n) is 4.96. The lowest BCUT2D eigenvalue weighted by atomic mass is 10.2. The average molecular weight is 294 g/mol. The molecular formula is C13H22N6O2. The Morgan fingerprint density at radius 3 is 2.29 bits per heavy atom. The highest BCUT2D eigenvalue weighted by atomic mass is 16.2. The SMILES string of the molecule is CCC(C)n1c(=O)n(CC)c(=O)c2c1nc(NN)n2CC. The standard InChI is InChI=1S/C13H22N6O2/c1-5-8(4)19-10-9(11(20)18(7-3)13(19)21)17(6-2)12(15-10)16-14/h8H,5-7,14H2,1-4H3,(H,15,16). The van der Waals surface area contributed by atoms with Crippen molar-refractivity contribution in [2.75, 3.05) is 5.43 Å². The molecule has 2 aromatic heterocycles. The van der Waals surface area contributed by atoms with Gasteiger partial charge >= 0.3 is 5.69 Å². The molecule has 0 aliphatic heterocycles. The summed E-state index contributed by atoms with van der Waals surface area (Å²) in [5, 5.41) is 0. The summed E-state index contributed by atoms with van der Waals surface area (Å²) in [5.74, 6) is 5.86. The Hall–Kier alpha value is -2.09. The third-order valence-corrected chi connectivity index (χ3v) is 3.86. The number of hydrogen-bond donors (Lipinski definition) is 2. The van der Waals surface area contributed by atoms with Crippen molar-refractivity contribution in [3.8, 4) is 0 Å². The highest BCUT2D eigenvalue weighted by Crippen LogP contribution is 2.18. The molecule has 0 fully saturated rings. The van der Waals surface area contributed by atoms with Crippen molar-refractivity contribution in [3.63, 3.8) is 0 Å². The molecule has 0 aliphatic carbocycles. The highest BCUT2D eigenvalue weighted by Gasteiger charge is 2.22. The number of anilines is 1. The van der Waals surface area contributed by atoms with Gasteiger partial charge < -0.3 is 4.57 Å². The number of imidazole rings is 1. The zero-order valence-corrected chi connectivity index (χ0v) is 12.9. The molecule has 2 aromatic rings. The largest absolute Gasteiger partial charge is 0.332 e. The van der Waals surface area contributed by atoms with Gasteiger partial charge in [-0.15, -0.1) is 0 Å². The maximum atomic E-state index is 12.6. The monoisotopic (exact) mass is 294 g/mol. The molecule has 8 nitrogen and oxygen atoms in total.